The van der Waals surface area contributed by atoms with Crippen LogP contribution in [0.3, 0.4) is 0 Å². The normalized spacial score (nSPS) is 11.7. The largest absolute Gasteiger partial charge is 0.469 e. The van der Waals surface area contributed by atoms with Gasteiger partial charge in [-0.05, 0) is 12.5 Å². The first kappa shape index (κ1) is 13.4. The second-order valence-electron chi connectivity index (χ2n) is 3.49. The third-order valence-electron chi connectivity index (χ3n) is 1.99. The van der Waals surface area contributed by atoms with Gasteiger partial charge in [-0.25, -0.2) is 4.57 Å². The lowest BCUT2D eigenvalue weighted by Gasteiger charge is -2.07. The van der Waals surface area contributed by atoms with Crippen LogP contribution in [0, 0.1) is 6.92 Å². The molecule has 0 aliphatic rings. The number of nitrogens with one attached hydrogen (secondary N) is 1. The van der Waals surface area contributed by atoms with Crippen molar-refractivity contribution in [2.45, 2.75) is 13.5 Å². The summed E-state index contributed by atoms with van der Waals surface area (Å²) in [6.07, 6.45) is 0. The van der Waals surface area contributed by atoms with Gasteiger partial charge in [-0.1, -0.05) is 29.8 Å². The first-order chi connectivity index (χ1) is 7.47. The van der Waals surface area contributed by atoms with Crippen LogP contribution in [0.15, 0.2) is 24.3 Å². The van der Waals surface area contributed by atoms with Gasteiger partial charge in [0.1, 0.15) is 0 Å². The highest BCUT2D eigenvalue weighted by molar-refractivity contribution is 7.46. The second-order valence-corrected chi connectivity index (χ2v) is 4.73. The van der Waals surface area contributed by atoms with Gasteiger partial charge in [0.05, 0.1) is 6.61 Å². The van der Waals surface area contributed by atoms with Gasteiger partial charge in [0, 0.05) is 13.1 Å². The Morgan fingerprint density at radius 1 is 1.31 bits per heavy atom. The van der Waals surface area contributed by atoms with Gasteiger partial charge in [0.15, 0.2) is 0 Å². The SMILES string of the molecule is Cc1ccc(CNCCOP(=O)(O)O)cc1. The predicted molar refractivity (Wildman–Crippen MR) is 60.9 cm³/mol. The monoisotopic (exact) mass is 245 g/mol. The van der Waals surface area contributed by atoms with E-state index in [1.54, 1.807) is 0 Å². The van der Waals surface area contributed by atoms with E-state index in [0.29, 0.717) is 13.1 Å². The molecule has 1 rings (SSSR count). The van der Waals surface area contributed by atoms with Gasteiger partial charge in [-0.3, -0.25) is 4.52 Å². The van der Waals surface area contributed by atoms with Gasteiger partial charge >= 0.3 is 7.82 Å². The Hall–Kier alpha value is -0.710. The summed E-state index contributed by atoms with van der Waals surface area (Å²) in [7, 11) is -4.32. The van der Waals surface area contributed by atoms with E-state index in [9.17, 15) is 4.57 Å². The summed E-state index contributed by atoms with van der Waals surface area (Å²) in [5, 5.41) is 3.03. The molecule has 0 aromatic heterocycles. The van der Waals surface area contributed by atoms with Crippen molar-refractivity contribution in [2.24, 2.45) is 0 Å². The van der Waals surface area contributed by atoms with Crippen molar-refractivity contribution < 1.29 is 18.9 Å². The van der Waals surface area contributed by atoms with Gasteiger partial charge < -0.3 is 15.1 Å². The Morgan fingerprint density at radius 2 is 1.94 bits per heavy atom. The Kier molecular flexibility index (Phi) is 5.12. The van der Waals surface area contributed by atoms with Crippen LogP contribution in [-0.2, 0) is 15.6 Å². The zero-order valence-corrected chi connectivity index (χ0v) is 9.98. The topological polar surface area (TPSA) is 78.8 Å². The van der Waals surface area contributed by atoms with Crippen molar-refractivity contribution >= 4 is 7.82 Å². The molecule has 0 bridgehead atoms. The molecule has 0 spiro atoms. The van der Waals surface area contributed by atoms with Crippen LogP contribution in [-0.4, -0.2) is 22.9 Å². The molecule has 0 unspecified atom stereocenters. The minimum absolute atomic E-state index is 0.00383. The predicted octanol–water partition coefficient (Wildman–Crippen LogP) is 1.19. The summed E-state index contributed by atoms with van der Waals surface area (Å²) >= 11 is 0. The molecule has 0 amide bonds. The molecular weight excluding hydrogens is 229 g/mol. The summed E-state index contributed by atoms with van der Waals surface area (Å²) in [6, 6.07) is 8.05. The fourth-order valence-corrected chi connectivity index (χ4v) is 1.50. The van der Waals surface area contributed by atoms with Gasteiger partial charge in [-0.15, -0.1) is 0 Å². The zero-order chi connectivity index (χ0) is 12.0. The van der Waals surface area contributed by atoms with Gasteiger partial charge in [0.2, 0.25) is 0 Å². The number of hydrogen-bond acceptors (Lipinski definition) is 3. The third kappa shape index (κ3) is 6.00. The second kappa shape index (κ2) is 6.13. The number of aryl methyl sites for hydroxylation is 1. The van der Waals surface area contributed by atoms with Crippen molar-refractivity contribution in [3.8, 4) is 0 Å². The summed E-state index contributed by atoms with van der Waals surface area (Å²) in [5.74, 6) is 0. The van der Waals surface area contributed by atoms with Crippen molar-refractivity contribution in [2.75, 3.05) is 13.2 Å². The summed E-state index contributed by atoms with van der Waals surface area (Å²) in [4.78, 5) is 16.9. The van der Waals surface area contributed by atoms with E-state index >= 15 is 0 Å². The van der Waals surface area contributed by atoms with E-state index < -0.39 is 7.82 Å². The summed E-state index contributed by atoms with van der Waals surface area (Å²) in [6.45, 7) is 3.07. The number of phosphoric ester groups is 1. The standard InChI is InChI=1S/C10H16NO4P/c1-9-2-4-10(5-3-9)8-11-6-7-15-16(12,13)14/h2-5,11H,6-8H2,1H3,(H2,12,13,14). The zero-order valence-electron chi connectivity index (χ0n) is 9.09. The molecule has 6 heteroatoms. The average Bonchev–Trinajstić information content (AvgIpc) is 2.19. The molecule has 5 nitrogen and oxygen atoms in total. The highest BCUT2D eigenvalue weighted by Crippen LogP contribution is 2.35. The lowest BCUT2D eigenvalue weighted by atomic mass is 10.1. The first-order valence-corrected chi connectivity index (χ1v) is 6.47. The fraction of sp³-hybridized carbons (Fsp3) is 0.400. The molecule has 3 N–H and O–H groups in total. The number of benzene rings is 1. The average molecular weight is 245 g/mol. The lowest BCUT2D eigenvalue weighted by molar-refractivity contribution is 0.197. The van der Waals surface area contributed by atoms with Crippen LogP contribution in [0.1, 0.15) is 11.1 Å². The van der Waals surface area contributed by atoms with E-state index in [4.69, 9.17) is 9.79 Å². The Morgan fingerprint density at radius 3 is 2.50 bits per heavy atom. The number of hydrogen-bond donors (Lipinski definition) is 3. The lowest BCUT2D eigenvalue weighted by Crippen LogP contribution is -2.18. The molecule has 0 aliphatic carbocycles. The molecule has 0 heterocycles. The molecule has 16 heavy (non-hydrogen) atoms. The fourth-order valence-electron chi connectivity index (χ4n) is 1.18. The van der Waals surface area contributed by atoms with E-state index in [2.05, 4.69) is 9.84 Å². The van der Waals surface area contributed by atoms with E-state index in [-0.39, 0.29) is 6.61 Å². The quantitative estimate of drug-likeness (QED) is 0.518. The van der Waals surface area contributed by atoms with Crippen LogP contribution < -0.4 is 5.32 Å². The Bertz CT molecular complexity index is 360. The maximum Gasteiger partial charge on any atom is 0.469 e. The molecule has 1 aromatic rings. The molecule has 0 radical (unpaired) electrons. The van der Waals surface area contributed by atoms with Crippen LogP contribution >= 0.6 is 7.82 Å². The van der Waals surface area contributed by atoms with Crippen molar-refractivity contribution in [3.63, 3.8) is 0 Å². The van der Waals surface area contributed by atoms with Crippen LogP contribution in [0.4, 0.5) is 0 Å². The summed E-state index contributed by atoms with van der Waals surface area (Å²) < 4.78 is 14.6. The Labute approximate surface area is 94.7 Å². The highest BCUT2D eigenvalue weighted by atomic mass is 31.2. The maximum atomic E-state index is 10.3. The van der Waals surface area contributed by atoms with Crippen molar-refractivity contribution in [1.29, 1.82) is 0 Å². The summed E-state index contributed by atoms with van der Waals surface area (Å²) in [5.41, 5.74) is 2.33. The third-order valence-corrected chi connectivity index (χ3v) is 2.51. The van der Waals surface area contributed by atoms with E-state index in [1.165, 1.54) is 5.56 Å². The first-order valence-electron chi connectivity index (χ1n) is 4.94. The Balaban J connectivity index is 2.16. The van der Waals surface area contributed by atoms with Crippen LogP contribution in [0.25, 0.3) is 0 Å². The minimum atomic E-state index is -4.32. The molecule has 0 saturated heterocycles. The molecule has 0 aliphatic heterocycles. The molecular formula is C10H16NO4P. The maximum absolute atomic E-state index is 10.3. The van der Waals surface area contributed by atoms with Crippen molar-refractivity contribution in [3.05, 3.63) is 35.4 Å². The van der Waals surface area contributed by atoms with E-state index in [0.717, 1.165) is 5.56 Å². The minimum Gasteiger partial charge on any atom is -0.310 e. The molecule has 90 valence electrons. The van der Waals surface area contributed by atoms with Crippen LogP contribution in [0.2, 0.25) is 0 Å². The van der Waals surface area contributed by atoms with Gasteiger partial charge in [-0.2, -0.15) is 0 Å². The number of phosphoric acid groups is 1. The number of rotatable bonds is 6. The highest BCUT2D eigenvalue weighted by Gasteiger charge is 2.12. The van der Waals surface area contributed by atoms with Crippen molar-refractivity contribution in [1.82, 2.24) is 5.32 Å². The van der Waals surface area contributed by atoms with E-state index in [1.807, 2.05) is 31.2 Å². The molecule has 0 atom stereocenters. The van der Waals surface area contributed by atoms with Gasteiger partial charge in [0.25, 0.3) is 0 Å². The molecule has 0 saturated carbocycles. The molecule has 0 fully saturated rings. The molecule has 1 aromatic carbocycles. The van der Waals surface area contributed by atoms with Crippen LogP contribution in [0.5, 0.6) is 0 Å². The smallest absolute Gasteiger partial charge is 0.310 e.